The van der Waals surface area contributed by atoms with Gasteiger partial charge >= 0.3 is 0 Å². The average Bonchev–Trinajstić information content (AvgIpc) is 3.66. The molecule has 7 nitrogen and oxygen atoms in total. The highest BCUT2D eigenvalue weighted by atomic mass is 32.1. The summed E-state index contributed by atoms with van der Waals surface area (Å²) in [6.07, 6.45) is 6.42. The highest BCUT2D eigenvalue weighted by Crippen LogP contribution is 2.35. The number of carbonyl (C=O) groups is 1. The van der Waals surface area contributed by atoms with Crippen molar-refractivity contribution >= 4 is 33.0 Å². The molecule has 4 heterocycles. The van der Waals surface area contributed by atoms with E-state index in [9.17, 15) is 4.79 Å². The number of benzene rings is 2. The number of hydrogen-bond acceptors (Lipinski definition) is 6. The van der Waals surface area contributed by atoms with Crippen LogP contribution in [0.5, 0.6) is 5.75 Å². The van der Waals surface area contributed by atoms with Crippen molar-refractivity contribution in [2.45, 2.75) is 38.3 Å². The van der Waals surface area contributed by atoms with Crippen molar-refractivity contribution in [3.63, 3.8) is 0 Å². The summed E-state index contributed by atoms with van der Waals surface area (Å²) >= 11 is 1.82. The molecule has 0 N–H and O–H groups in total. The third-order valence-electron chi connectivity index (χ3n) is 9.16. The summed E-state index contributed by atoms with van der Waals surface area (Å²) in [5.41, 5.74) is 5.35. The van der Waals surface area contributed by atoms with Crippen molar-refractivity contribution in [1.82, 2.24) is 19.2 Å². The molecule has 222 valence electrons. The van der Waals surface area contributed by atoms with Crippen LogP contribution in [0.3, 0.4) is 0 Å². The smallest absolute Gasteiger partial charge is 0.225 e. The molecule has 1 saturated carbocycles. The first kappa shape index (κ1) is 28.1. The van der Waals surface area contributed by atoms with Gasteiger partial charge in [-0.3, -0.25) is 9.69 Å². The van der Waals surface area contributed by atoms with Gasteiger partial charge in [0.1, 0.15) is 11.4 Å². The van der Waals surface area contributed by atoms with Crippen LogP contribution in [0.2, 0.25) is 0 Å². The normalized spacial score (nSPS) is 19.7. The number of pyridine rings is 1. The number of nitrogens with zero attached hydrogens (tertiary/aromatic N) is 4. The van der Waals surface area contributed by atoms with E-state index >= 15 is 0 Å². The fraction of sp³-hybridized carbons (Fsp3) is 0.371. The fourth-order valence-electron chi connectivity index (χ4n) is 6.67. The number of aromatic nitrogens is 2. The molecule has 2 atom stereocenters. The van der Waals surface area contributed by atoms with Crippen LogP contribution in [-0.4, -0.2) is 71.6 Å². The minimum Gasteiger partial charge on any atom is -0.497 e. The van der Waals surface area contributed by atoms with Crippen molar-refractivity contribution in [2.75, 3.05) is 40.4 Å². The molecule has 1 amide bonds. The zero-order chi connectivity index (χ0) is 29.3. The molecule has 1 aliphatic carbocycles. The first-order valence-corrected chi connectivity index (χ1v) is 16.1. The number of fused-ring (bicyclic) bond motifs is 2. The molecule has 0 bridgehead atoms. The monoisotopic (exact) mass is 594 g/mol. The molecular weight excluding hydrogens is 556 g/mol. The van der Waals surface area contributed by atoms with E-state index in [-0.39, 0.29) is 12.0 Å². The van der Waals surface area contributed by atoms with Gasteiger partial charge in [-0.05, 0) is 73.2 Å². The van der Waals surface area contributed by atoms with Crippen LogP contribution in [0.15, 0.2) is 72.9 Å². The summed E-state index contributed by atoms with van der Waals surface area (Å²) in [6.45, 7) is 3.97. The van der Waals surface area contributed by atoms with Crippen LogP contribution in [0.1, 0.15) is 31.4 Å². The molecule has 1 aliphatic heterocycles. The molecule has 0 unspecified atom stereocenters. The first-order chi connectivity index (χ1) is 21.1. The minimum absolute atomic E-state index is 0.0954. The molecule has 0 spiro atoms. The lowest BCUT2D eigenvalue weighted by Crippen LogP contribution is -2.50. The summed E-state index contributed by atoms with van der Waals surface area (Å²) in [6, 6.07) is 23.3. The lowest BCUT2D eigenvalue weighted by Gasteiger charge is -2.38. The number of imidazole rings is 1. The molecule has 8 heteroatoms. The number of amides is 1. The van der Waals surface area contributed by atoms with E-state index in [2.05, 4.69) is 75.0 Å². The molecular formula is C35H38N4O3S. The Hall–Kier alpha value is -3.72. The number of ether oxygens (including phenoxy) is 2. The van der Waals surface area contributed by atoms with Gasteiger partial charge in [0.05, 0.1) is 24.6 Å². The topological polar surface area (TPSA) is 59.3 Å². The molecule has 43 heavy (non-hydrogen) atoms. The lowest BCUT2D eigenvalue weighted by molar-refractivity contribution is -0.140. The Balaban J connectivity index is 1.16. The van der Waals surface area contributed by atoms with E-state index < -0.39 is 0 Å². The standard InChI is InChI=1S/C35H38N4O3S/c1-41-28-13-10-24(11-14-28)34-30(23-37-16-18-38(19-17-37)35(40)26-7-5-8-29(20-26)42-2)39-22-27(12-15-33(39)36-34)32-21-25-6-3-4-9-31(25)43-32/h3-4,6,9-15,21-22,26,29H,5,7-8,16-20,23H2,1-2H3/t26-,29-/m1/s1. The minimum atomic E-state index is 0.0954. The third-order valence-corrected chi connectivity index (χ3v) is 10.3. The second-order valence-electron chi connectivity index (χ2n) is 11.8. The summed E-state index contributed by atoms with van der Waals surface area (Å²) in [4.78, 5) is 24.3. The maximum atomic E-state index is 13.4. The zero-order valence-electron chi connectivity index (χ0n) is 24.9. The predicted molar refractivity (Wildman–Crippen MR) is 173 cm³/mol. The Morgan fingerprint density at radius 2 is 1.74 bits per heavy atom. The summed E-state index contributed by atoms with van der Waals surface area (Å²) in [5, 5.41) is 1.27. The van der Waals surface area contributed by atoms with Crippen LogP contribution >= 0.6 is 11.3 Å². The Kier molecular flexibility index (Phi) is 7.91. The number of methoxy groups -OCH3 is 2. The molecule has 5 aromatic rings. The summed E-state index contributed by atoms with van der Waals surface area (Å²) in [7, 11) is 3.46. The predicted octanol–water partition coefficient (Wildman–Crippen LogP) is 6.74. The Morgan fingerprint density at radius 1 is 0.953 bits per heavy atom. The molecule has 7 rings (SSSR count). The molecule has 0 radical (unpaired) electrons. The van der Waals surface area contributed by atoms with Gasteiger partial charge < -0.3 is 18.8 Å². The van der Waals surface area contributed by atoms with E-state index in [1.165, 1.54) is 20.5 Å². The lowest BCUT2D eigenvalue weighted by atomic mass is 9.86. The van der Waals surface area contributed by atoms with E-state index in [4.69, 9.17) is 14.5 Å². The van der Waals surface area contributed by atoms with Gasteiger partial charge in [-0.1, -0.05) is 24.6 Å². The highest BCUT2D eigenvalue weighted by Gasteiger charge is 2.32. The largest absolute Gasteiger partial charge is 0.497 e. The average molecular weight is 595 g/mol. The number of thiophene rings is 1. The number of carbonyl (C=O) groups excluding carboxylic acids is 1. The van der Waals surface area contributed by atoms with E-state index in [1.807, 2.05) is 23.5 Å². The highest BCUT2D eigenvalue weighted by molar-refractivity contribution is 7.22. The number of rotatable bonds is 7. The Morgan fingerprint density at radius 3 is 2.51 bits per heavy atom. The molecule has 2 fully saturated rings. The summed E-state index contributed by atoms with van der Waals surface area (Å²) < 4.78 is 14.6. The van der Waals surface area contributed by atoms with Crippen molar-refractivity contribution < 1.29 is 14.3 Å². The van der Waals surface area contributed by atoms with Crippen molar-refractivity contribution in [3.05, 3.63) is 78.6 Å². The van der Waals surface area contributed by atoms with E-state index in [0.717, 1.165) is 86.8 Å². The Labute approximate surface area is 256 Å². The second-order valence-corrected chi connectivity index (χ2v) is 12.8. The summed E-state index contributed by atoms with van der Waals surface area (Å²) in [5.74, 6) is 1.23. The maximum Gasteiger partial charge on any atom is 0.225 e. The van der Waals surface area contributed by atoms with E-state index in [1.54, 1.807) is 14.2 Å². The van der Waals surface area contributed by atoms with Gasteiger partial charge in [0.15, 0.2) is 0 Å². The molecule has 2 aromatic carbocycles. The first-order valence-electron chi connectivity index (χ1n) is 15.3. The third kappa shape index (κ3) is 5.67. The van der Waals surface area contributed by atoms with Crippen molar-refractivity contribution in [2.24, 2.45) is 5.92 Å². The zero-order valence-corrected chi connectivity index (χ0v) is 25.7. The van der Waals surface area contributed by atoms with Crippen molar-refractivity contribution in [1.29, 1.82) is 0 Å². The molecule has 3 aromatic heterocycles. The quantitative estimate of drug-likeness (QED) is 0.209. The van der Waals surface area contributed by atoms with Gasteiger partial charge in [0.25, 0.3) is 0 Å². The maximum absolute atomic E-state index is 13.4. The van der Waals surface area contributed by atoms with Crippen LogP contribution < -0.4 is 4.74 Å². The molecule has 1 saturated heterocycles. The van der Waals surface area contributed by atoms with Gasteiger partial charge in [0, 0.05) is 72.7 Å². The van der Waals surface area contributed by atoms with Crippen LogP contribution in [0, 0.1) is 5.92 Å². The van der Waals surface area contributed by atoms with Gasteiger partial charge in [-0.2, -0.15) is 0 Å². The fourth-order valence-corrected chi connectivity index (χ4v) is 7.73. The van der Waals surface area contributed by atoms with Crippen LogP contribution in [-0.2, 0) is 16.1 Å². The van der Waals surface area contributed by atoms with Crippen LogP contribution in [0.25, 0.3) is 37.4 Å². The second kappa shape index (κ2) is 12.1. The Bertz CT molecular complexity index is 1700. The number of hydrogen-bond donors (Lipinski definition) is 0. The number of piperazine rings is 1. The van der Waals surface area contributed by atoms with Crippen molar-refractivity contribution in [3.8, 4) is 27.4 Å². The van der Waals surface area contributed by atoms with E-state index in [0.29, 0.717) is 5.91 Å². The van der Waals surface area contributed by atoms with Crippen LogP contribution in [0.4, 0.5) is 0 Å². The molecule has 2 aliphatic rings. The SMILES string of the molecule is COc1ccc(-c2nc3ccc(-c4cc5ccccc5s4)cn3c2CN2CCN(C(=O)[C@@H]3CCC[C@@H](OC)C3)CC2)cc1. The van der Waals surface area contributed by atoms with Gasteiger partial charge in [0.2, 0.25) is 5.91 Å². The van der Waals surface area contributed by atoms with Gasteiger partial charge in [-0.25, -0.2) is 4.98 Å². The van der Waals surface area contributed by atoms with Gasteiger partial charge in [-0.15, -0.1) is 11.3 Å².